The van der Waals surface area contributed by atoms with Gasteiger partial charge < -0.3 is 4.74 Å². The molecule has 88 valence electrons. The Balaban J connectivity index is 2.40. The molecule has 0 spiro atoms. The molecule has 0 aromatic heterocycles. The van der Waals surface area contributed by atoms with E-state index in [0.29, 0.717) is 0 Å². The van der Waals surface area contributed by atoms with Crippen molar-refractivity contribution in [1.82, 2.24) is 0 Å². The zero-order valence-corrected chi connectivity index (χ0v) is 10.4. The third-order valence-corrected chi connectivity index (χ3v) is 2.98. The van der Waals surface area contributed by atoms with Crippen LogP contribution >= 0.6 is 0 Å². The Hall–Kier alpha value is -1.76. The predicted octanol–water partition coefficient (Wildman–Crippen LogP) is 4.59. The Labute approximate surface area is 103 Å². The molecule has 0 fully saturated rings. The maximum absolute atomic E-state index is 5.92. The fourth-order valence-corrected chi connectivity index (χ4v) is 2.07. The zero-order valence-electron chi connectivity index (χ0n) is 10.4. The normalized spacial score (nSPS) is 19.1. The van der Waals surface area contributed by atoms with Gasteiger partial charge in [-0.25, -0.2) is 0 Å². The fraction of sp³-hybridized carbons (Fsp3) is 0.250. The Morgan fingerprint density at radius 3 is 2.88 bits per heavy atom. The number of ether oxygens (including phenoxy) is 1. The number of rotatable bonds is 3. The third kappa shape index (κ3) is 2.33. The Morgan fingerprint density at radius 1 is 1.41 bits per heavy atom. The molecule has 1 aliphatic rings. The van der Waals surface area contributed by atoms with Crippen molar-refractivity contribution in [3.05, 3.63) is 66.0 Å². The van der Waals surface area contributed by atoms with Crippen molar-refractivity contribution in [3.8, 4) is 5.75 Å². The minimum atomic E-state index is 0.246. The van der Waals surface area contributed by atoms with Crippen LogP contribution < -0.4 is 4.74 Å². The van der Waals surface area contributed by atoms with Crippen LogP contribution in [-0.2, 0) is 0 Å². The predicted molar refractivity (Wildman–Crippen MR) is 72.1 cm³/mol. The molecule has 0 aliphatic carbocycles. The molecule has 1 aromatic carbocycles. The zero-order chi connectivity index (χ0) is 12.3. The Bertz CT molecular complexity index is 480. The standard InChI is InChI=1S/C16H18O/c1-4-8-12(3)16-11-13(5-2)14-9-6-7-10-15(14)17-16/h5-11,13H,2,4H2,1,3H3/b12-8-. The SMILES string of the molecule is C=CC1C=C(/C(C)=C\CC)Oc2ccccc21. The first-order valence-electron chi connectivity index (χ1n) is 6.04. The van der Waals surface area contributed by atoms with E-state index in [1.807, 2.05) is 24.3 Å². The van der Waals surface area contributed by atoms with Gasteiger partial charge >= 0.3 is 0 Å². The molecule has 1 heteroatoms. The van der Waals surface area contributed by atoms with E-state index in [0.717, 1.165) is 17.9 Å². The quantitative estimate of drug-likeness (QED) is 0.685. The largest absolute Gasteiger partial charge is 0.457 e. The second kappa shape index (κ2) is 5.05. The fourth-order valence-electron chi connectivity index (χ4n) is 2.07. The molecule has 0 saturated carbocycles. The minimum absolute atomic E-state index is 0.246. The number of hydrogen-bond acceptors (Lipinski definition) is 1. The monoisotopic (exact) mass is 226 g/mol. The molecule has 17 heavy (non-hydrogen) atoms. The van der Waals surface area contributed by atoms with Crippen molar-refractivity contribution >= 4 is 0 Å². The van der Waals surface area contributed by atoms with E-state index in [2.05, 4.69) is 38.6 Å². The van der Waals surface area contributed by atoms with Gasteiger partial charge in [-0.05, 0) is 31.1 Å². The molecule has 1 nitrogen and oxygen atoms in total. The molecule has 0 saturated heterocycles. The highest BCUT2D eigenvalue weighted by Crippen LogP contribution is 2.36. The molecule has 0 amide bonds. The molecular weight excluding hydrogens is 208 g/mol. The molecule has 1 unspecified atom stereocenters. The topological polar surface area (TPSA) is 9.23 Å². The van der Waals surface area contributed by atoms with Crippen molar-refractivity contribution in [2.75, 3.05) is 0 Å². The van der Waals surface area contributed by atoms with Gasteiger partial charge in [-0.1, -0.05) is 37.3 Å². The first kappa shape index (κ1) is 11.7. The summed E-state index contributed by atoms with van der Waals surface area (Å²) in [5, 5.41) is 0. The summed E-state index contributed by atoms with van der Waals surface area (Å²) in [4.78, 5) is 0. The summed E-state index contributed by atoms with van der Waals surface area (Å²) in [6.45, 7) is 8.12. The van der Waals surface area contributed by atoms with Crippen LogP contribution in [0.3, 0.4) is 0 Å². The van der Waals surface area contributed by atoms with Crippen LogP contribution in [0.2, 0.25) is 0 Å². The average molecular weight is 226 g/mol. The van der Waals surface area contributed by atoms with Crippen molar-refractivity contribution in [2.24, 2.45) is 0 Å². The Kier molecular flexibility index (Phi) is 3.48. The highest BCUT2D eigenvalue weighted by atomic mass is 16.5. The number of hydrogen-bond donors (Lipinski definition) is 0. The summed E-state index contributed by atoms with van der Waals surface area (Å²) in [6.07, 6.45) is 7.30. The lowest BCUT2D eigenvalue weighted by molar-refractivity contribution is 0.416. The molecule has 0 N–H and O–H groups in total. The van der Waals surface area contributed by atoms with Crippen molar-refractivity contribution in [2.45, 2.75) is 26.2 Å². The van der Waals surface area contributed by atoms with Gasteiger partial charge in [-0.15, -0.1) is 6.58 Å². The van der Waals surface area contributed by atoms with E-state index in [4.69, 9.17) is 4.74 Å². The number of para-hydroxylation sites is 1. The molecule has 1 heterocycles. The molecule has 1 atom stereocenters. The average Bonchev–Trinajstić information content (AvgIpc) is 2.37. The lowest BCUT2D eigenvalue weighted by Crippen LogP contribution is -2.09. The van der Waals surface area contributed by atoms with Crippen LogP contribution in [0.15, 0.2) is 60.4 Å². The molecular formula is C16H18O. The van der Waals surface area contributed by atoms with E-state index in [-0.39, 0.29) is 5.92 Å². The van der Waals surface area contributed by atoms with Gasteiger partial charge in [0.05, 0.1) is 0 Å². The van der Waals surface area contributed by atoms with E-state index in [9.17, 15) is 0 Å². The first-order valence-corrected chi connectivity index (χ1v) is 6.04. The van der Waals surface area contributed by atoms with Crippen molar-refractivity contribution in [3.63, 3.8) is 0 Å². The van der Waals surface area contributed by atoms with Gasteiger partial charge in [-0.3, -0.25) is 0 Å². The van der Waals surface area contributed by atoms with Gasteiger partial charge in [0.2, 0.25) is 0 Å². The van der Waals surface area contributed by atoms with Gasteiger partial charge in [0, 0.05) is 11.5 Å². The summed E-state index contributed by atoms with van der Waals surface area (Å²) in [6, 6.07) is 8.14. The molecule has 0 bridgehead atoms. The maximum atomic E-state index is 5.92. The summed E-state index contributed by atoms with van der Waals surface area (Å²) in [5.74, 6) is 2.14. The van der Waals surface area contributed by atoms with E-state index < -0.39 is 0 Å². The van der Waals surface area contributed by atoms with E-state index >= 15 is 0 Å². The Morgan fingerprint density at radius 2 is 2.18 bits per heavy atom. The summed E-state index contributed by atoms with van der Waals surface area (Å²) in [5.41, 5.74) is 2.38. The number of benzene rings is 1. The first-order chi connectivity index (χ1) is 8.26. The highest BCUT2D eigenvalue weighted by Gasteiger charge is 2.19. The summed E-state index contributed by atoms with van der Waals surface area (Å²) in [7, 11) is 0. The third-order valence-electron chi connectivity index (χ3n) is 2.98. The molecule has 0 radical (unpaired) electrons. The van der Waals surface area contributed by atoms with Crippen LogP contribution in [0.4, 0.5) is 0 Å². The smallest absolute Gasteiger partial charge is 0.131 e. The molecule has 1 aliphatic heterocycles. The maximum Gasteiger partial charge on any atom is 0.131 e. The van der Waals surface area contributed by atoms with Crippen molar-refractivity contribution < 1.29 is 4.74 Å². The van der Waals surface area contributed by atoms with Crippen LogP contribution in [0.5, 0.6) is 5.75 Å². The summed E-state index contributed by atoms with van der Waals surface area (Å²) < 4.78 is 5.92. The van der Waals surface area contributed by atoms with Gasteiger partial charge in [0.1, 0.15) is 11.5 Å². The van der Waals surface area contributed by atoms with Crippen LogP contribution in [-0.4, -0.2) is 0 Å². The number of allylic oxidation sites excluding steroid dienone is 4. The van der Waals surface area contributed by atoms with Gasteiger partial charge in [-0.2, -0.15) is 0 Å². The highest BCUT2D eigenvalue weighted by molar-refractivity contribution is 5.47. The van der Waals surface area contributed by atoms with Crippen molar-refractivity contribution in [1.29, 1.82) is 0 Å². The van der Waals surface area contributed by atoms with E-state index in [1.165, 1.54) is 11.1 Å². The van der Waals surface area contributed by atoms with Crippen LogP contribution in [0.1, 0.15) is 31.7 Å². The van der Waals surface area contributed by atoms with Gasteiger partial charge in [0.25, 0.3) is 0 Å². The van der Waals surface area contributed by atoms with Crippen LogP contribution in [0, 0.1) is 0 Å². The second-order valence-electron chi connectivity index (χ2n) is 4.23. The van der Waals surface area contributed by atoms with Crippen LogP contribution in [0.25, 0.3) is 0 Å². The number of fused-ring (bicyclic) bond motifs is 1. The van der Waals surface area contributed by atoms with Gasteiger partial charge in [0.15, 0.2) is 0 Å². The minimum Gasteiger partial charge on any atom is -0.457 e. The lowest BCUT2D eigenvalue weighted by atomic mass is 9.94. The summed E-state index contributed by atoms with van der Waals surface area (Å²) >= 11 is 0. The second-order valence-corrected chi connectivity index (χ2v) is 4.23. The molecule has 2 rings (SSSR count). The van der Waals surface area contributed by atoms with E-state index in [1.54, 1.807) is 0 Å². The molecule has 1 aromatic rings. The lowest BCUT2D eigenvalue weighted by Gasteiger charge is -2.23.